The average Bonchev–Trinajstić information content (AvgIpc) is 2.62. The molecular formula is C17H20FN3O4. The Balaban J connectivity index is 1.92. The summed E-state index contributed by atoms with van der Waals surface area (Å²) in [7, 11) is 0. The molecule has 1 heterocycles. The Labute approximate surface area is 144 Å². The molecule has 0 saturated carbocycles. The van der Waals surface area contributed by atoms with Gasteiger partial charge in [0.1, 0.15) is 5.82 Å². The average molecular weight is 349 g/mol. The monoisotopic (exact) mass is 349 g/mol. The van der Waals surface area contributed by atoms with E-state index < -0.39 is 11.7 Å². The molecule has 1 fully saturated rings. The first-order valence-electron chi connectivity index (χ1n) is 7.88. The summed E-state index contributed by atoms with van der Waals surface area (Å²) >= 11 is 0. The lowest BCUT2D eigenvalue weighted by atomic mass is 10.1. The molecule has 0 unspecified atom stereocenters. The summed E-state index contributed by atoms with van der Waals surface area (Å²) in [6, 6.07) is 3.92. The van der Waals surface area contributed by atoms with Crippen molar-refractivity contribution in [2.45, 2.75) is 6.42 Å². The van der Waals surface area contributed by atoms with E-state index in [4.69, 9.17) is 4.74 Å². The summed E-state index contributed by atoms with van der Waals surface area (Å²) in [6.07, 6.45) is 1.15. The number of morpholine rings is 1. The minimum Gasteiger partial charge on any atom is -0.378 e. The first kappa shape index (κ1) is 18.6. The predicted molar refractivity (Wildman–Crippen MR) is 89.6 cm³/mol. The second-order valence-electron chi connectivity index (χ2n) is 5.39. The number of amides is 3. The Kier molecular flexibility index (Phi) is 6.64. The zero-order chi connectivity index (χ0) is 18.2. The first-order chi connectivity index (χ1) is 12.0. The molecule has 1 aromatic carbocycles. The SMILES string of the molecule is C=CC(=O)NCCC(=O)Nc1ccc(C(=O)N2CCOCC2)c(F)c1. The highest BCUT2D eigenvalue weighted by molar-refractivity contribution is 5.96. The summed E-state index contributed by atoms with van der Waals surface area (Å²) in [4.78, 5) is 36.5. The molecule has 1 aromatic rings. The molecule has 0 aliphatic carbocycles. The molecule has 8 heteroatoms. The van der Waals surface area contributed by atoms with Gasteiger partial charge in [-0.2, -0.15) is 0 Å². The Morgan fingerprint density at radius 1 is 1.28 bits per heavy atom. The van der Waals surface area contributed by atoms with Gasteiger partial charge < -0.3 is 20.3 Å². The standard InChI is InChI=1S/C17H20FN3O4/c1-2-15(22)19-6-5-16(23)20-12-3-4-13(14(18)11-12)17(24)21-7-9-25-10-8-21/h2-4,11H,1,5-10H2,(H,19,22)(H,20,23). The number of carbonyl (C=O) groups excluding carboxylic acids is 3. The number of carbonyl (C=O) groups is 3. The normalized spacial score (nSPS) is 13.9. The molecule has 0 atom stereocenters. The summed E-state index contributed by atoms with van der Waals surface area (Å²) in [6.45, 7) is 5.16. The number of anilines is 1. The third kappa shape index (κ3) is 5.39. The van der Waals surface area contributed by atoms with Crippen molar-refractivity contribution >= 4 is 23.4 Å². The van der Waals surface area contributed by atoms with Crippen LogP contribution in [0.2, 0.25) is 0 Å². The lowest BCUT2D eigenvalue weighted by Crippen LogP contribution is -2.41. The zero-order valence-corrected chi connectivity index (χ0v) is 13.7. The molecule has 2 rings (SSSR count). The van der Waals surface area contributed by atoms with Gasteiger partial charge >= 0.3 is 0 Å². The Morgan fingerprint density at radius 3 is 2.64 bits per heavy atom. The highest BCUT2D eigenvalue weighted by atomic mass is 19.1. The lowest BCUT2D eigenvalue weighted by Gasteiger charge is -2.27. The van der Waals surface area contributed by atoms with Crippen LogP contribution in [0.4, 0.5) is 10.1 Å². The van der Waals surface area contributed by atoms with Crippen LogP contribution in [-0.2, 0) is 14.3 Å². The second kappa shape index (κ2) is 8.93. The molecule has 134 valence electrons. The minimum absolute atomic E-state index is 0.0374. The van der Waals surface area contributed by atoms with Gasteiger partial charge in [-0.1, -0.05) is 6.58 Å². The van der Waals surface area contributed by atoms with Crippen LogP contribution in [0.1, 0.15) is 16.8 Å². The van der Waals surface area contributed by atoms with E-state index in [-0.39, 0.29) is 36.0 Å². The fraction of sp³-hybridized carbons (Fsp3) is 0.353. The van der Waals surface area contributed by atoms with Crippen molar-refractivity contribution in [3.05, 3.63) is 42.2 Å². The van der Waals surface area contributed by atoms with Crippen molar-refractivity contribution in [3.8, 4) is 0 Å². The molecular weight excluding hydrogens is 329 g/mol. The summed E-state index contributed by atoms with van der Waals surface area (Å²) in [5, 5.41) is 4.99. The molecule has 7 nitrogen and oxygen atoms in total. The van der Waals surface area contributed by atoms with E-state index in [1.54, 1.807) is 0 Å². The molecule has 2 N–H and O–H groups in total. The van der Waals surface area contributed by atoms with Gasteiger partial charge in [-0.3, -0.25) is 14.4 Å². The maximum atomic E-state index is 14.2. The summed E-state index contributed by atoms with van der Waals surface area (Å²) in [5.41, 5.74) is 0.203. The van der Waals surface area contributed by atoms with Crippen molar-refractivity contribution in [3.63, 3.8) is 0 Å². The molecule has 25 heavy (non-hydrogen) atoms. The molecule has 0 bridgehead atoms. The number of nitrogens with one attached hydrogen (secondary N) is 2. The molecule has 0 radical (unpaired) electrons. The smallest absolute Gasteiger partial charge is 0.256 e. The molecule has 0 aromatic heterocycles. The number of benzene rings is 1. The van der Waals surface area contributed by atoms with E-state index >= 15 is 0 Å². The van der Waals surface area contributed by atoms with Gasteiger partial charge in [0.2, 0.25) is 11.8 Å². The number of hydrogen-bond donors (Lipinski definition) is 2. The third-order valence-electron chi connectivity index (χ3n) is 3.62. The van der Waals surface area contributed by atoms with E-state index in [1.807, 2.05) is 0 Å². The minimum atomic E-state index is -0.700. The largest absolute Gasteiger partial charge is 0.378 e. The van der Waals surface area contributed by atoms with Gasteiger partial charge in [-0.05, 0) is 24.3 Å². The van der Waals surface area contributed by atoms with Crippen molar-refractivity contribution in [1.29, 1.82) is 0 Å². The highest BCUT2D eigenvalue weighted by Gasteiger charge is 2.21. The quantitative estimate of drug-likeness (QED) is 0.748. The number of halogens is 1. The van der Waals surface area contributed by atoms with E-state index in [0.29, 0.717) is 26.3 Å². The Hall–Kier alpha value is -2.74. The van der Waals surface area contributed by atoms with E-state index in [2.05, 4.69) is 17.2 Å². The molecule has 0 spiro atoms. The number of nitrogens with zero attached hydrogens (tertiary/aromatic N) is 1. The van der Waals surface area contributed by atoms with Crippen LogP contribution in [-0.4, -0.2) is 55.5 Å². The van der Waals surface area contributed by atoms with Gasteiger partial charge in [-0.25, -0.2) is 4.39 Å². The van der Waals surface area contributed by atoms with Crippen LogP contribution in [0.3, 0.4) is 0 Å². The van der Waals surface area contributed by atoms with Crippen LogP contribution >= 0.6 is 0 Å². The molecule has 1 aliphatic rings. The van der Waals surface area contributed by atoms with E-state index in [9.17, 15) is 18.8 Å². The second-order valence-corrected chi connectivity index (χ2v) is 5.39. The van der Waals surface area contributed by atoms with Crippen LogP contribution in [0.25, 0.3) is 0 Å². The van der Waals surface area contributed by atoms with Crippen LogP contribution in [0.15, 0.2) is 30.9 Å². The molecule has 1 saturated heterocycles. The van der Waals surface area contributed by atoms with Crippen molar-refractivity contribution in [1.82, 2.24) is 10.2 Å². The Bertz CT molecular complexity index is 672. The van der Waals surface area contributed by atoms with Crippen molar-refractivity contribution in [2.75, 3.05) is 38.2 Å². The fourth-order valence-electron chi connectivity index (χ4n) is 2.30. The first-order valence-corrected chi connectivity index (χ1v) is 7.88. The maximum Gasteiger partial charge on any atom is 0.256 e. The highest BCUT2D eigenvalue weighted by Crippen LogP contribution is 2.17. The van der Waals surface area contributed by atoms with E-state index in [0.717, 1.165) is 12.1 Å². The zero-order valence-electron chi connectivity index (χ0n) is 13.7. The summed E-state index contributed by atoms with van der Waals surface area (Å²) in [5.74, 6) is -1.85. The van der Waals surface area contributed by atoms with Gasteiger partial charge in [-0.15, -0.1) is 0 Å². The Morgan fingerprint density at radius 2 is 2.00 bits per heavy atom. The van der Waals surface area contributed by atoms with Crippen LogP contribution in [0.5, 0.6) is 0 Å². The topological polar surface area (TPSA) is 87.7 Å². The van der Waals surface area contributed by atoms with Gasteiger partial charge in [0.05, 0.1) is 18.8 Å². The van der Waals surface area contributed by atoms with Gasteiger partial charge in [0.25, 0.3) is 5.91 Å². The third-order valence-corrected chi connectivity index (χ3v) is 3.62. The molecule has 1 aliphatic heterocycles. The van der Waals surface area contributed by atoms with E-state index in [1.165, 1.54) is 17.0 Å². The van der Waals surface area contributed by atoms with Gasteiger partial charge in [0, 0.05) is 31.7 Å². The summed E-state index contributed by atoms with van der Waals surface area (Å²) < 4.78 is 19.4. The van der Waals surface area contributed by atoms with Crippen molar-refractivity contribution < 1.29 is 23.5 Å². The van der Waals surface area contributed by atoms with Crippen LogP contribution < -0.4 is 10.6 Å². The molecule has 3 amide bonds. The number of rotatable bonds is 6. The van der Waals surface area contributed by atoms with Crippen molar-refractivity contribution in [2.24, 2.45) is 0 Å². The van der Waals surface area contributed by atoms with Crippen LogP contribution in [0, 0.1) is 5.82 Å². The number of hydrogen-bond acceptors (Lipinski definition) is 4. The maximum absolute atomic E-state index is 14.2. The predicted octanol–water partition coefficient (Wildman–Crippen LogP) is 0.929. The fourth-order valence-corrected chi connectivity index (χ4v) is 2.30. The lowest BCUT2D eigenvalue weighted by molar-refractivity contribution is -0.117. The van der Waals surface area contributed by atoms with Gasteiger partial charge in [0.15, 0.2) is 0 Å². The number of ether oxygens (including phenoxy) is 1.